The molecule has 0 radical (unpaired) electrons. The van der Waals surface area contributed by atoms with Crippen LogP contribution in [0.4, 0.5) is 0 Å². The standard InChI is InChI=1S/C11H16N2O3/c1-7-5-13-16-10(7)11(15)12-6-8-3-2-4-9(8)14/h5,8-9,14H,2-4,6H2,1H3,(H,12,15). The molecule has 2 N–H and O–H groups in total. The molecule has 2 rings (SSSR count). The molecule has 0 aromatic carbocycles. The van der Waals surface area contributed by atoms with Gasteiger partial charge in [0.2, 0.25) is 5.76 Å². The van der Waals surface area contributed by atoms with E-state index in [9.17, 15) is 9.90 Å². The van der Waals surface area contributed by atoms with Crippen LogP contribution < -0.4 is 5.32 Å². The molecule has 1 fully saturated rings. The van der Waals surface area contributed by atoms with Crippen molar-refractivity contribution in [2.24, 2.45) is 5.92 Å². The predicted octanol–water partition coefficient (Wildman–Crippen LogP) is 0.874. The Hall–Kier alpha value is -1.36. The number of aromatic nitrogens is 1. The fraction of sp³-hybridized carbons (Fsp3) is 0.636. The Labute approximate surface area is 93.8 Å². The number of aliphatic hydroxyl groups is 1. The van der Waals surface area contributed by atoms with Crippen LogP contribution in [-0.4, -0.2) is 28.8 Å². The molecule has 1 aliphatic rings. The Morgan fingerprint density at radius 1 is 1.69 bits per heavy atom. The number of hydrogen-bond donors (Lipinski definition) is 2. The largest absolute Gasteiger partial charge is 0.393 e. The van der Waals surface area contributed by atoms with Crippen molar-refractivity contribution >= 4 is 5.91 Å². The number of carbonyl (C=O) groups excluding carboxylic acids is 1. The molecule has 5 heteroatoms. The van der Waals surface area contributed by atoms with Crippen molar-refractivity contribution in [2.45, 2.75) is 32.3 Å². The summed E-state index contributed by atoms with van der Waals surface area (Å²) < 4.78 is 4.84. The molecule has 0 bridgehead atoms. The van der Waals surface area contributed by atoms with E-state index in [1.54, 1.807) is 6.92 Å². The zero-order valence-corrected chi connectivity index (χ0v) is 9.27. The lowest BCUT2D eigenvalue weighted by molar-refractivity contribution is 0.0880. The van der Waals surface area contributed by atoms with Crippen LogP contribution in [0.25, 0.3) is 0 Å². The van der Waals surface area contributed by atoms with Gasteiger partial charge in [-0.1, -0.05) is 11.6 Å². The Morgan fingerprint density at radius 2 is 2.50 bits per heavy atom. The third-order valence-corrected chi connectivity index (χ3v) is 3.10. The van der Waals surface area contributed by atoms with E-state index in [-0.39, 0.29) is 23.7 Å². The maximum absolute atomic E-state index is 11.7. The molecule has 2 unspecified atom stereocenters. The Bertz CT molecular complexity index is 375. The minimum atomic E-state index is -0.281. The molecular weight excluding hydrogens is 208 g/mol. The highest BCUT2D eigenvalue weighted by atomic mass is 16.5. The van der Waals surface area contributed by atoms with E-state index in [0.29, 0.717) is 6.54 Å². The summed E-state index contributed by atoms with van der Waals surface area (Å²) in [4.78, 5) is 11.7. The van der Waals surface area contributed by atoms with Crippen LogP contribution in [0.5, 0.6) is 0 Å². The molecule has 16 heavy (non-hydrogen) atoms. The number of nitrogens with one attached hydrogen (secondary N) is 1. The first-order valence-corrected chi connectivity index (χ1v) is 5.56. The SMILES string of the molecule is Cc1cnoc1C(=O)NCC1CCCC1O. The highest BCUT2D eigenvalue weighted by Gasteiger charge is 2.26. The maximum Gasteiger partial charge on any atom is 0.290 e. The number of carbonyl (C=O) groups is 1. The number of rotatable bonds is 3. The molecule has 0 saturated heterocycles. The first-order valence-electron chi connectivity index (χ1n) is 5.56. The second-order valence-electron chi connectivity index (χ2n) is 4.31. The van der Waals surface area contributed by atoms with Gasteiger partial charge in [0.05, 0.1) is 12.3 Å². The second kappa shape index (κ2) is 4.65. The van der Waals surface area contributed by atoms with Crippen molar-refractivity contribution in [2.75, 3.05) is 6.54 Å². The van der Waals surface area contributed by atoms with Gasteiger partial charge in [-0.25, -0.2) is 0 Å². The van der Waals surface area contributed by atoms with Crippen molar-refractivity contribution in [1.82, 2.24) is 10.5 Å². The molecule has 1 amide bonds. The van der Waals surface area contributed by atoms with E-state index in [1.807, 2.05) is 0 Å². The zero-order chi connectivity index (χ0) is 11.5. The van der Waals surface area contributed by atoms with Crippen molar-refractivity contribution in [3.63, 3.8) is 0 Å². The van der Waals surface area contributed by atoms with E-state index in [0.717, 1.165) is 24.8 Å². The van der Waals surface area contributed by atoms with Gasteiger partial charge in [-0.15, -0.1) is 0 Å². The van der Waals surface area contributed by atoms with Crippen LogP contribution in [0.15, 0.2) is 10.7 Å². The molecular formula is C11H16N2O3. The molecule has 1 saturated carbocycles. The smallest absolute Gasteiger partial charge is 0.290 e. The first-order chi connectivity index (χ1) is 7.68. The summed E-state index contributed by atoms with van der Waals surface area (Å²) in [5.41, 5.74) is 0.726. The van der Waals surface area contributed by atoms with Gasteiger partial charge < -0.3 is 14.9 Å². The lowest BCUT2D eigenvalue weighted by Crippen LogP contribution is -2.32. The van der Waals surface area contributed by atoms with Gasteiger partial charge in [0.25, 0.3) is 5.91 Å². The average molecular weight is 224 g/mol. The molecule has 2 atom stereocenters. The second-order valence-corrected chi connectivity index (χ2v) is 4.31. The maximum atomic E-state index is 11.7. The summed E-state index contributed by atoms with van der Waals surface area (Å²) >= 11 is 0. The number of aliphatic hydroxyl groups excluding tert-OH is 1. The zero-order valence-electron chi connectivity index (χ0n) is 9.27. The van der Waals surface area contributed by atoms with Crippen LogP contribution in [0, 0.1) is 12.8 Å². The van der Waals surface area contributed by atoms with E-state index >= 15 is 0 Å². The third kappa shape index (κ3) is 2.24. The summed E-state index contributed by atoms with van der Waals surface area (Å²) in [5, 5.41) is 15.9. The lowest BCUT2D eigenvalue weighted by Gasteiger charge is -2.14. The highest BCUT2D eigenvalue weighted by molar-refractivity contribution is 5.92. The van der Waals surface area contributed by atoms with Crippen molar-refractivity contribution < 1.29 is 14.4 Å². The lowest BCUT2D eigenvalue weighted by atomic mass is 10.1. The van der Waals surface area contributed by atoms with Crippen LogP contribution in [0.3, 0.4) is 0 Å². The predicted molar refractivity (Wildman–Crippen MR) is 56.9 cm³/mol. The molecule has 1 aromatic heterocycles. The van der Waals surface area contributed by atoms with Gasteiger partial charge in [0, 0.05) is 18.0 Å². The van der Waals surface area contributed by atoms with E-state index < -0.39 is 0 Å². The molecule has 88 valence electrons. The number of amides is 1. The van der Waals surface area contributed by atoms with Gasteiger partial charge in [0.1, 0.15) is 0 Å². The van der Waals surface area contributed by atoms with E-state index in [4.69, 9.17) is 4.52 Å². The summed E-state index contributed by atoms with van der Waals surface area (Å²) in [5.74, 6) is 0.175. The molecule has 1 aromatic rings. The topological polar surface area (TPSA) is 75.4 Å². The minimum absolute atomic E-state index is 0.173. The molecule has 0 aliphatic heterocycles. The fourth-order valence-corrected chi connectivity index (χ4v) is 2.07. The summed E-state index contributed by atoms with van der Waals surface area (Å²) in [7, 11) is 0. The molecule has 1 aliphatic carbocycles. The Morgan fingerprint density at radius 3 is 3.06 bits per heavy atom. The monoisotopic (exact) mass is 224 g/mol. The van der Waals surface area contributed by atoms with Gasteiger partial charge in [0.15, 0.2) is 0 Å². The van der Waals surface area contributed by atoms with Crippen molar-refractivity contribution in [3.8, 4) is 0 Å². The van der Waals surface area contributed by atoms with E-state index in [1.165, 1.54) is 6.20 Å². The molecule has 0 spiro atoms. The van der Waals surface area contributed by atoms with Gasteiger partial charge in [-0.3, -0.25) is 4.79 Å². The average Bonchev–Trinajstić information content (AvgIpc) is 2.84. The number of nitrogens with zero attached hydrogens (tertiary/aromatic N) is 1. The van der Waals surface area contributed by atoms with Crippen molar-refractivity contribution in [3.05, 3.63) is 17.5 Å². The van der Waals surface area contributed by atoms with Crippen LogP contribution in [-0.2, 0) is 0 Å². The molecule has 5 nitrogen and oxygen atoms in total. The van der Waals surface area contributed by atoms with Gasteiger partial charge >= 0.3 is 0 Å². The third-order valence-electron chi connectivity index (χ3n) is 3.10. The van der Waals surface area contributed by atoms with E-state index in [2.05, 4.69) is 10.5 Å². The summed E-state index contributed by atoms with van der Waals surface area (Å²) in [6, 6.07) is 0. The first kappa shape index (κ1) is 11.1. The summed E-state index contributed by atoms with van der Waals surface area (Å²) in [6.07, 6.45) is 4.07. The Kier molecular flexibility index (Phi) is 3.24. The van der Waals surface area contributed by atoms with Gasteiger partial charge in [-0.05, 0) is 19.8 Å². The Balaban J connectivity index is 1.86. The van der Waals surface area contributed by atoms with Crippen LogP contribution >= 0.6 is 0 Å². The molecule has 1 heterocycles. The highest BCUT2D eigenvalue weighted by Crippen LogP contribution is 2.24. The summed E-state index contributed by atoms with van der Waals surface area (Å²) in [6.45, 7) is 2.27. The van der Waals surface area contributed by atoms with Crippen LogP contribution in [0.2, 0.25) is 0 Å². The quantitative estimate of drug-likeness (QED) is 0.799. The fourth-order valence-electron chi connectivity index (χ4n) is 2.07. The normalized spacial score (nSPS) is 24.6. The minimum Gasteiger partial charge on any atom is -0.393 e. The number of aryl methyl sites for hydroxylation is 1. The van der Waals surface area contributed by atoms with Crippen molar-refractivity contribution in [1.29, 1.82) is 0 Å². The number of hydrogen-bond acceptors (Lipinski definition) is 4. The van der Waals surface area contributed by atoms with Crippen LogP contribution in [0.1, 0.15) is 35.4 Å². The van der Waals surface area contributed by atoms with Gasteiger partial charge in [-0.2, -0.15) is 0 Å².